The predicted molar refractivity (Wildman–Crippen MR) is 284 cm³/mol. The molecule has 0 radical (unpaired) electrons. The van der Waals surface area contributed by atoms with Gasteiger partial charge in [0, 0.05) is 80.3 Å². The van der Waals surface area contributed by atoms with Crippen LogP contribution in [0.25, 0.3) is 33.3 Å². The Morgan fingerprint density at radius 1 is 0.986 bits per heavy atom. The van der Waals surface area contributed by atoms with Crippen LogP contribution >= 0.6 is 0 Å². The maximum atomic E-state index is 15.6. The van der Waals surface area contributed by atoms with E-state index in [-0.39, 0.29) is 54.4 Å². The van der Waals surface area contributed by atoms with Gasteiger partial charge in [0.05, 0.1) is 40.9 Å². The number of hydrogen-bond donors (Lipinski definition) is 1. The van der Waals surface area contributed by atoms with Crippen LogP contribution in [0.4, 0.5) is 0 Å². The summed E-state index contributed by atoms with van der Waals surface area (Å²) >= 11 is 0. The van der Waals surface area contributed by atoms with Crippen LogP contribution in [-0.2, 0) is 46.4 Å². The number of rotatable bonds is 8. The number of Topliss-reactive ketones (excluding diaryl/α,β-unsaturated/α-hetero) is 1. The number of hydrogen-bond acceptors (Lipinski definition) is 10. The molecule has 74 heavy (non-hydrogen) atoms. The molecule has 3 aliphatic heterocycles. The van der Waals surface area contributed by atoms with Crippen LogP contribution in [0.3, 0.4) is 0 Å². The van der Waals surface area contributed by atoms with Gasteiger partial charge in [0.15, 0.2) is 5.78 Å². The van der Waals surface area contributed by atoms with Crippen LogP contribution in [0.2, 0.25) is 0 Å². The second-order valence-electron chi connectivity index (χ2n) is 23.8. The minimum atomic E-state index is -1.11. The molecule has 6 bridgehead atoms. The molecule has 14 nitrogen and oxygen atoms in total. The summed E-state index contributed by atoms with van der Waals surface area (Å²) in [5, 5.41) is 2.68. The SMILES string of the molecule is CCn1c2c3c4cc(ccc41)-c1cccc(c1)C[C@@]1(C[C@@H]1C(=O)[C@H](C1CCCC1)N(C)C(=O)[C@@H]1CN(C(=O)C#CC(C)(C)N(C)C)C[C@@H]1C)C(=O)N1CCC[C@H](N1)C(=O)OCC(C)(C)C3[C@H](OC)c1ncccc1-2. The third-order valence-electron chi connectivity index (χ3n) is 18.1. The number of amides is 3. The van der Waals surface area contributed by atoms with Crippen LogP contribution in [0, 0.1) is 46.3 Å². The highest BCUT2D eigenvalue weighted by molar-refractivity contribution is 6.02. The van der Waals surface area contributed by atoms with Crippen molar-refractivity contribution in [2.24, 2.45) is 34.5 Å². The van der Waals surface area contributed by atoms with Gasteiger partial charge in [-0.25, -0.2) is 5.43 Å². The summed E-state index contributed by atoms with van der Waals surface area (Å²) in [6, 6.07) is 17.6. The first-order valence-corrected chi connectivity index (χ1v) is 27.1. The molecule has 1 spiro atoms. The number of benzene rings is 2. The molecule has 2 aromatic carbocycles. The van der Waals surface area contributed by atoms with Gasteiger partial charge in [0.1, 0.15) is 12.1 Å². The third-order valence-corrected chi connectivity index (χ3v) is 18.1. The van der Waals surface area contributed by atoms with Gasteiger partial charge in [-0.2, -0.15) is 0 Å². The molecule has 8 atom stereocenters. The second kappa shape index (κ2) is 19.7. The Balaban J connectivity index is 1.01. The van der Waals surface area contributed by atoms with Crippen LogP contribution in [0.1, 0.15) is 115 Å². The Morgan fingerprint density at radius 2 is 1.74 bits per heavy atom. The van der Waals surface area contributed by atoms with E-state index in [0.717, 1.165) is 82.3 Å². The van der Waals surface area contributed by atoms with Gasteiger partial charge in [-0.05, 0) is 138 Å². The highest BCUT2D eigenvalue weighted by atomic mass is 16.5. The Morgan fingerprint density at radius 3 is 2.47 bits per heavy atom. The number of fused-ring (bicyclic) bond motifs is 8. The lowest BCUT2D eigenvalue weighted by Gasteiger charge is -2.42. The highest BCUT2D eigenvalue weighted by Gasteiger charge is 2.66. The average Bonchev–Trinajstić information content (AvgIpc) is 3.67. The largest absolute Gasteiger partial charge is 0.464 e. The molecule has 1 N–H and O–H groups in total. The Bertz CT molecular complexity index is 2960. The summed E-state index contributed by atoms with van der Waals surface area (Å²) in [7, 11) is 7.33. The van der Waals surface area contributed by atoms with E-state index >= 15 is 9.59 Å². The first-order valence-electron chi connectivity index (χ1n) is 27.1. The van der Waals surface area contributed by atoms with Crippen LogP contribution in [0.15, 0.2) is 60.8 Å². The maximum Gasteiger partial charge on any atom is 0.324 e. The Kier molecular flexibility index (Phi) is 13.7. The van der Waals surface area contributed by atoms with Crippen molar-refractivity contribution in [1.29, 1.82) is 0 Å². The highest BCUT2D eigenvalue weighted by Crippen LogP contribution is 2.59. The lowest BCUT2D eigenvalue weighted by Crippen LogP contribution is -2.58. The quantitative estimate of drug-likeness (QED) is 0.137. The molecule has 392 valence electrons. The molecule has 2 aromatic heterocycles. The van der Waals surface area contributed by atoms with Crippen molar-refractivity contribution in [2.45, 2.75) is 129 Å². The second-order valence-corrected chi connectivity index (χ2v) is 23.8. The first kappa shape index (κ1) is 51.6. The average molecular weight is 1010 g/mol. The zero-order chi connectivity index (χ0) is 52.6. The fraction of sp³-hybridized carbons (Fsp3) is 0.567. The molecule has 6 aliphatic rings. The lowest BCUT2D eigenvalue weighted by atomic mass is 9.67. The van der Waals surface area contributed by atoms with E-state index in [4.69, 9.17) is 14.5 Å². The Hall–Kier alpha value is -5.88. The first-order chi connectivity index (χ1) is 35.3. The van der Waals surface area contributed by atoms with Gasteiger partial charge in [-0.1, -0.05) is 69.9 Å². The summed E-state index contributed by atoms with van der Waals surface area (Å²) in [5.74, 6) is 3.15. The standard InChI is InChI=1S/C60H75N7O7/c1-11-66-46-24-23-40-30-42(46)48-49(54(73-10)50-41(52(48)66)21-15-27-61-50)58(3,4)35-74-56(71)45-22-16-28-67(62-45)57(72)60(31-37-17-14-20-39(40)29-37)32-44(60)53(69)51(38-18-12-13-19-38)64(9)55(70)43-34-65(33-36(43)2)47(68)25-26-59(5,6)63(7)8/h14-15,17,20-21,23-24,27,29-30,36,38,43-45,49,51,54,62H,11-13,16,18-19,22,28,31-35H2,1-10H3/t36-,43+,44+,45-,49?,51-,54-,60-/m0/s1. The number of nitrogens with zero attached hydrogens (tertiary/aromatic N) is 6. The summed E-state index contributed by atoms with van der Waals surface area (Å²) < 4.78 is 15.1. The van der Waals surface area contributed by atoms with E-state index in [1.54, 1.807) is 29.0 Å². The van der Waals surface area contributed by atoms with Gasteiger partial charge >= 0.3 is 5.97 Å². The number of esters is 1. The molecule has 3 amide bonds. The number of carbonyl (C=O) groups is 5. The van der Waals surface area contributed by atoms with Crippen molar-refractivity contribution in [3.8, 4) is 34.2 Å². The maximum absolute atomic E-state index is 15.6. The number of aromatic nitrogens is 2. The third kappa shape index (κ3) is 8.94. The number of likely N-dealkylation sites (N-methyl/N-ethyl adjacent to an activating group) is 1. The van der Waals surface area contributed by atoms with Gasteiger partial charge in [-0.15, -0.1) is 0 Å². The number of aryl methyl sites for hydroxylation is 1. The van der Waals surface area contributed by atoms with Gasteiger partial charge in [0.25, 0.3) is 5.91 Å². The summed E-state index contributed by atoms with van der Waals surface area (Å²) in [4.78, 5) is 83.9. The Labute approximate surface area is 436 Å². The molecule has 4 fully saturated rings. The number of nitrogens with one attached hydrogen (secondary N) is 1. The topological polar surface area (TPSA) is 147 Å². The lowest BCUT2D eigenvalue weighted by molar-refractivity contribution is -0.157. The van der Waals surface area contributed by atoms with Gasteiger partial charge in [0.2, 0.25) is 11.8 Å². The number of cyclic esters (lactones) is 1. The molecular formula is C60H75N7O7. The fourth-order valence-corrected chi connectivity index (χ4v) is 13.4. The predicted octanol–water partition coefficient (Wildman–Crippen LogP) is 7.83. The number of methoxy groups -OCH3 is 1. The minimum absolute atomic E-state index is 0.0522. The smallest absolute Gasteiger partial charge is 0.324 e. The van der Waals surface area contributed by atoms with E-state index < -0.39 is 52.4 Å². The number of ketones is 1. The van der Waals surface area contributed by atoms with Gasteiger partial charge < -0.3 is 23.8 Å². The molecule has 1 unspecified atom stereocenters. The zero-order valence-corrected chi connectivity index (χ0v) is 45.1. The van der Waals surface area contributed by atoms with Crippen LogP contribution in [-0.4, -0.2) is 131 Å². The molecule has 2 saturated heterocycles. The monoisotopic (exact) mass is 1010 g/mol. The van der Waals surface area contributed by atoms with E-state index in [2.05, 4.69) is 79.0 Å². The van der Waals surface area contributed by atoms with Crippen LogP contribution in [0.5, 0.6) is 0 Å². The number of ether oxygens (including phenoxy) is 2. The van der Waals surface area contributed by atoms with E-state index in [0.29, 0.717) is 38.8 Å². The number of carbonyl (C=O) groups excluding carboxylic acids is 5. The number of likely N-dealkylation sites (tertiary alicyclic amines) is 1. The van der Waals surface area contributed by atoms with E-state index in [1.807, 2.05) is 64.2 Å². The molecule has 3 aliphatic carbocycles. The van der Waals surface area contributed by atoms with Crippen molar-refractivity contribution in [3.63, 3.8) is 0 Å². The van der Waals surface area contributed by atoms with E-state index in [9.17, 15) is 14.4 Å². The van der Waals surface area contributed by atoms with Crippen molar-refractivity contribution in [2.75, 3.05) is 54.5 Å². The molecular weight excluding hydrogens is 931 g/mol. The molecule has 4 aromatic rings. The fourth-order valence-electron chi connectivity index (χ4n) is 13.4. The van der Waals surface area contributed by atoms with Crippen molar-refractivity contribution in [3.05, 3.63) is 77.6 Å². The van der Waals surface area contributed by atoms with Crippen LogP contribution < -0.4 is 5.43 Å². The van der Waals surface area contributed by atoms with Gasteiger partial charge in [-0.3, -0.25) is 38.9 Å². The summed E-state index contributed by atoms with van der Waals surface area (Å²) in [5.41, 5.74) is 9.21. The van der Waals surface area contributed by atoms with Crippen molar-refractivity contribution < 1.29 is 33.4 Å². The molecule has 14 heteroatoms. The van der Waals surface area contributed by atoms with Crippen molar-refractivity contribution in [1.82, 2.24) is 34.7 Å². The normalized spacial score (nSPS) is 27.1. The van der Waals surface area contributed by atoms with E-state index in [1.165, 1.54) is 0 Å². The van der Waals surface area contributed by atoms with Crippen molar-refractivity contribution >= 4 is 40.4 Å². The molecule has 2 saturated carbocycles. The minimum Gasteiger partial charge on any atom is -0.464 e. The number of pyridine rings is 1. The summed E-state index contributed by atoms with van der Waals surface area (Å²) in [6.07, 6.45) is 6.63. The summed E-state index contributed by atoms with van der Waals surface area (Å²) in [6.45, 7) is 14.2. The zero-order valence-electron chi connectivity index (χ0n) is 45.1. The molecule has 5 heterocycles. The molecule has 10 rings (SSSR count). The number of hydrazine groups is 1.